The first kappa shape index (κ1) is 25.1. The Hall–Kier alpha value is -0.900. The molecule has 3 heteroatoms. The molecule has 28 heavy (non-hydrogen) atoms. The molecule has 0 spiro atoms. The molecule has 1 aromatic rings. The van der Waals surface area contributed by atoms with Gasteiger partial charge < -0.3 is 15.9 Å². The molecule has 0 aliphatic rings. The Bertz CT molecular complexity index is 451. The normalized spacial score (nSPS) is 14.7. The standard InChI is InChI=1S/C25H45NO2/c1-22(25(28)24(26)21-27)17-13-10-8-6-4-2-3-5-7-9-11-14-18-23-19-15-12-16-20-23/h12,15-16,19-20,22,24-25,27-28H,2-11,13-14,17-18,21,26H2,1H3. The molecular formula is C25H45NO2. The van der Waals surface area contributed by atoms with E-state index in [4.69, 9.17) is 10.8 Å². The molecular weight excluding hydrogens is 346 g/mol. The van der Waals surface area contributed by atoms with Crippen LogP contribution in [0.25, 0.3) is 0 Å². The molecule has 0 heterocycles. The molecule has 0 aromatic heterocycles. The maximum absolute atomic E-state index is 9.94. The van der Waals surface area contributed by atoms with Gasteiger partial charge >= 0.3 is 0 Å². The molecule has 0 saturated heterocycles. The Morgan fingerprint density at radius 3 is 1.71 bits per heavy atom. The lowest BCUT2D eigenvalue weighted by molar-refractivity contribution is 0.0609. The van der Waals surface area contributed by atoms with Crippen LogP contribution in [0.15, 0.2) is 30.3 Å². The molecule has 0 fully saturated rings. The predicted molar refractivity (Wildman–Crippen MR) is 120 cm³/mol. The van der Waals surface area contributed by atoms with Gasteiger partial charge in [0, 0.05) is 0 Å². The maximum Gasteiger partial charge on any atom is 0.0738 e. The molecule has 0 bridgehead atoms. The predicted octanol–water partition coefficient (Wildman–Crippen LogP) is 5.62. The second-order valence-electron chi connectivity index (χ2n) is 8.58. The zero-order valence-electron chi connectivity index (χ0n) is 18.2. The summed E-state index contributed by atoms with van der Waals surface area (Å²) in [5.74, 6) is 0.176. The van der Waals surface area contributed by atoms with Crippen molar-refractivity contribution in [2.75, 3.05) is 6.61 Å². The topological polar surface area (TPSA) is 66.5 Å². The maximum atomic E-state index is 9.94. The number of aryl methyl sites for hydroxylation is 1. The number of hydrogen-bond donors (Lipinski definition) is 3. The largest absolute Gasteiger partial charge is 0.395 e. The van der Waals surface area contributed by atoms with E-state index in [0.717, 1.165) is 12.8 Å². The monoisotopic (exact) mass is 391 g/mol. The third kappa shape index (κ3) is 12.5. The fourth-order valence-corrected chi connectivity index (χ4v) is 3.91. The number of hydrogen-bond acceptors (Lipinski definition) is 3. The van der Waals surface area contributed by atoms with Crippen LogP contribution in [-0.2, 0) is 6.42 Å². The zero-order valence-corrected chi connectivity index (χ0v) is 18.2. The van der Waals surface area contributed by atoms with E-state index in [2.05, 4.69) is 30.3 Å². The molecule has 0 radical (unpaired) electrons. The summed E-state index contributed by atoms with van der Waals surface area (Å²) in [4.78, 5) is 0. The fraction of sp³-hybridized carbons (Fsp3) is 0.760. The Labute approximate surface area is 173 Å². The first-order valence-corrected chi connectivity index (χ1v) is 11.7. The van der Waals surface area contributed by atoms with E-state index in [0.29, 0.717) is 0 Å². The summed E-state index contributed by atoms with van der Waals surface area (Å²) in [6.45, 7) is 1.89. The van der Waals surface area contributed by atoms with Crippen molar-refractivity contribution in [3.05, 3.63) is 35.9 Å². The van der Waals surface area contributed by atoms with Crippen molar-refractivity contribution >= 4 is 0 Å². The van der Waals surface area contributed by atoms with E-state index in [1.807, 2.05) is 6.92 Å². The van der Waals surface area contributed by atoms with Crippen LogP contribution in [0.2, 0.25) is 0 Å². The lowest BCUT2D eigenvalue weighted by atomic mass is 9.93. The van der Waals surface area contributed by atoms with Crippen molar-refractivity contribution in [2.45, 2.75) is 109 Å². The van der Waals surface area contributed by atoms with Crippen LogP contribution in [0.5, 0.6) is 0 Å². The van der Waals surface area contributed by atoms with Gasteiger partial charge in [-0.2, -0.15) is 0 Å². The first-order chi connectivity index (χ1) is 13.6. The molecule has 0 amide bonds. The third-order valence-electron chi connectivity index (χ3n) is 5.95. The minimum Gasteiger partial charge on any atom is -0.395 e. The smallest absolute Gasteiger partial charge is 0.0738 e. The Balaban J connectivity index is 1.79. The van der Waals surface area contributed by atoms with Crippen LogP contribution in [0.1, 0.15) is 96.0 Å². The molecule has 3 atom stereocenters. The fourth-order valence-electron chi connectivity index (χ4n) is 3.91. The molecule has 4 N–H and O–H groups in total. The van der Waals surface area contributed by atoms with Crippen LogP contribution in [-0.4, -0.2) is 29.0 Å². The summed E-state index contributed by atoms with van der Waals surface area (Å²) in [6, 6.07) is 10.3. The number of unbranched alkanes of at least 4 members (excludes halogenated alkanes) is 11. The first-order valence-electron chi connectivity index (χ1n) is 11.7. The molecule has 1 rings (SSSR count). The van der Waals surface area contributed by atoms with Crippen molar-refractivity contribution in [3.63, 3.8) is 0 Å². The van der Waals surface area contributed by atoms with Crippen LogP contribution in [0, 0.1) is 5.92 Å². The van der Waals surface area contributed by atoms with Gasteiger partial charge in [-0.15, -0.1) is 0 Å². The van der Waals surface area contributed by atoms with Gasteiger partial charge in [0.2, 0.25) is 0 Å². The van der Waals surface area contributed by atoms with Crippen molar-refractivity contribution in [1.29, 1.82) is 0 Å². The van der Waals surface area contributed by atoms with E-state index in [9.17, 15) is 5.11 Å². The number of rotatable bonds is 18. The SMILES string of the molecule is CC(CCCCCCCCCCCCCCc1ccccc1)C(O)C(N)CO. The molecule has 162 valence electrons. The summed E-state index contributed by atoms with van der Waals surface area (Å²) in [7, 11) is 0. The lowest BCUT2D eigenvalue weighted by Gasteiger charge is -2.23. The van der Waals surface area contributed by atoms with E-state index >= 15 is 0 Å². The van der Waals surface area contributed by atoms with E-state index in [1.165, 1.54) is 82.6 Å². The van der Waals surface area contributed by atoms with Crippen LogP contribution in [0.4, 0.5) is 0 Å². The summed E-state index contributed by atoms with van der Waals surface area (Å²) in [6.07, 6.45) is 17.7. The molecule has 3 unspecified atom stereocenters. The second kappa shape index (κ2) is 17.0. The van der Waals surface area contributed by atoms with E-state index < -0.39 is 12.1 Å². The Morgan fingerprint density at radius 1 is 0.750 bits per heavy atom. The minimum absolute atomic E-state index is 0.140. The van der Waals surface area contributed by atoms with Crippen LogP contribution in [0.3, 0.4) is 0 Å². The molecule has 1 aromatic carbocycles. The molecule has 0 saturated carbocycles. The van der Waals surface area contributed by atoms with E-state index in [-0.39, 0.29) is 12.5 Å². The highest BCUT2D eigenvalue weighted by atomic mass is 16.3. The van der Waals surface area contributed by atoms with Gasteiger partial charge in [0.05, 0.1) is 18.8 Å². The van der Waals surface area contributed by atoms with Gasteiger partial charge in [-0.1, -0.05) is 108 Å². The van der Waals surface area contributed by atoms with Crippen molar-refractivity contribution < 1.29 is 10.2 Å². The lowest BCUT2D eigenvalue weighted by Crippen LogP contribution is -2.41. The zero-order chi connectivity index (χ0) is 20.5. The van der Waals surface area contributed by atoms with Gasteiger partial charge in [0.15, 0.2) is 0 Å². The van der Waals surface area contributed by atoms with Gasteiger partial charge in [-0.3, -0.25) is 0 Å². The highest BCUT2D eigenvalue weighted by molar-refractivity contribution is 5.14. The average Bonchev–Trinajstić information content (AvgIpc) is 2.73. The van der Waals surface area contributed by atoms with Gasteiger partial charge in [0.25, 0.3) is 0 Å². The summed E-state index contributed by atoms with van der Waals surface area (Å²) in [5, 5.41) is 18.9. The molecule has 0 aliphatic carbocycles. The highest BCUT2D eigenvalue weighted by Crippen LogP contribution is 2.17. The second-order valence-corrected chi connectivity index (χ2v) is 8.58. The average molecular weight is 392 g/mol. The summed E-state index contributed by atoms with van der Waals surface area (Å²) in [5.41, 5.74) is 7.16. The number of nitrogens with two attached hydrogens (primary N) is 1. The number of aliphatic hydroxyl groups is 2. The van der Waals surface area contributed by atoms with E-state index in [1.54, 1.807) is 0 Å². The van der Waals surface area contributed by atoms with Crippen molar-refractivity contribution in [1.82, 2.24) is 0 Å². The minimum atomic E-state index is -0.580. The number of aliphatic hydroxyl groups excluding tert-OH is 2. The quantitative estimate of drug-likeness (QED) is 0.285. The molecule has 0 aliphatic heterocycles. The van der Waals surface area contributed by atoms with Crippen molar-refractivity contribution in [3.8, 4) is 0 Å². The van der Waals surface area contributed by atoms with Crippen molar-refractivity contribution in [2.24, 2.45) is 11.7 Å². The van der Waals surface area contributed by atoms with Gasteiger partial charge in [-0.25, -0.2) is 0 Å². The Morgan fingerprint density at radius 2 is 1.21 bits per heavy atom. The summed E-state index contributed by atoms with van der Waals surface area (Å²) < 4.78 is 0. The number of benzene rings is 1. The van der Waals surface area contributed by atoms with Gasteiger partial charge in [0.1, 0.15) is 0 Å². The Kier molecular flexibility index (Phi) is 15.3. The summed E-state index contributed by atoms with van der Waals surface area (Å²) >= 11 is 0. The van der Waals surface area contributed by atoms with Crippen LogP contribution >= 0.6 is 0 Å². The van der Waals surface area contributed by atoms with Gasteiger partial charge in [-0.05, 0) is 30.7 Å². The third-order valence-corrected chi connectivity index (χ3v) is 5.95. The molecule has 3 nitrogen and oxygen atoms in total. The highest BCUT2D eigenvalue weighted by Gasteiger charge is 2.20. The van der Waals surface area contributed by atoms with Crippen LogP contribution < -0.4 is 5.73 Å².